The molecule has 1 fully saturated rings. The van der Waals surface area contributed by atoms with E-state index < -0.39 is 23.7 Å². The molecule has 1 heterocycles. The maximum atomic E-state index is 12.6. The second kappa shape index (κ2) is 7.47. The number of aromatic amines is 1. The van der Waals surface area contributed by atoms with Crippen molar-refractivity contribution in [2.24, 2.45) is 5.92 Å². The van der Waals surface area contributed by atoms with Crippen molar-refractivity contribution in [2.75, 3.05) is 5.32 Å². The van der Waals surface area contributed by atoms with Crippen molar-refractivity contribution in [1.29, 1.82) is 0 Å². The van der Waals surface area contributed by atoms with Gasteiger partial charge in [-0.05, 0) is 49.7 Å². The summed E-state index contributed by atoms with van der Waals surface area (Å²) in [6.45, 7) is 1.52. The van der Waals surface area contributed by atoms with Gasteiger partial charge in [0.15, 0.2) is 0 Å². The Balaban J connectivity index is 1.32. The van der Waals surface area contributed by atoms with Crippen molar-refractivity contribution in [2.45, 2.75) is 31.5 Å². The van der Waals surface area contributed by atoms with E-state index in [2.05, 4.69) is 20.6 Å². The number of carbonyl (C=O) groups is 2. The summed E-state index contributed by atoms with van der Waals surface area (Å²) in [5.41, 5.74) is 1.17. The van der Waals surface area contributed by atoms with Crippen LogP contribution in [0.4, 0.5) is 18.9 Å². The molecule has 0 aliphatic heterocycles. The number of para-hydroxylation sites is 2. The Kier molecular flexibility index (Phi) is 4.97. The first-order valence-corrected chi connectivity index (χ1v) is 9.45. The molecule has 6 nitrogen and oxygen atoms in total. The second-order valence-corrected chi connectivity index (χ2v) is 7.38. The third-order valence-corrected chi connectivity index (χ3v) is 5.12. The van der Waals surface area contributed by atoms with Crippen LogP contribution in [0.3, 0.4) is 0 Å². The quantitative estimate of drug-likeness (QED) is 0.591. The maximum Gasteiger partial charge on any atom is 0.416 e. The first kappa shape index (κ1) is 19.9. The molecule has 2 amide bonds. The van der Waals surface area contributed by atoms with E-state index >= 15 is 0 Å². The largest absolute Gasteiger partial charge is 0.416 e. The Hall–Kier alpha value is -3.36. The zero-order valence-corrected chi connectivity index (χ0v) is 16.0. The van der Waals surface area contributed by atoms with Crippen LogP contribution in [0.1, 0.15) is 30.7 Å². The molecule has 1 aliphatic rings. The van der Waals surface area contributed by atoms with E-state index in [0.717, 1.165) is 29.0 Å². The van der Waals surface area contributed by atoms with E-state index in [0.29, 0.717) is 6.42 Å². The molecule has 0 spiro atoms. The van der Waals surface area contributed by atoms with Gasteiger partial charge < -0.3 is 15.6 Å². The second-order valence-electron chi connectivity index (χ2n) is 7.38. The summed E-state index contributed by atoms with van der Waals surface area (Å²) >= 11 is 0. The number of hydrogen-bond donors (Lipinski definition) is 3. The van der Waals surface area contributed by atoms with Crippen LogP contribution in [0, 0.1) is 5.92 Å². The fourth-order valence-corrected chi connectivity index (χ4v) is 3.31. The Labute approximate surface area is 169 Å². The molecule has 0 radical (unpaired) electrons. The van der Waals surface area contributed by atoms with Crippen molar-refractivity contribution < 1.29 is 22.8 Å². The fourth-order valence-electron chi connectivity index (χ4n) is 3.31. The minimum atomic E-state index is -4.44. The molecular formula is C21H19F3N4O2. The molecule has 0 saturated heterocycles. The Bertz CT molecular complexity index is 1060. The van der Waals surface area contributed by atoms with Gasteiger partial charge in [-0.2, -0.15) is 13.2 Å². The first-order valence-electron chi connectivity index (χ1n) is 9.45. The highest BCUT2D eigenvalue weighted by molar-refractivity contribution is 5.97. The molecule has 156 valence electrons. The molecule has 1 aliphatic carbocycles. The molecule has 3 aromatic rings. The SMILES string of the molecule is C[C@@H](NC(=O)[C@H]1C[C@@H]1c1nc2ccccc2[nH]1)C(=O)Nc1ccc(C(F)(F)F)cc1. The summed E-state index contributed by atoms with van der Waals surface area (Å²) in [5.74, 6) is -0.313. The number of nitrogens with zero attached hydrogens (tertiary/aromatic N) is 1. The van der Waals surface area contributed by atoms with Gasteiger partial charge in [0.2, 0.25) is 11.8 Å². The number of nitrogens with one attached hydrogen (secondary N) is 3. The number of aromatic nitrogens is 2. The van der Waals surface area contributed by atoms with Crippen molar-refractivity contribution >= 4 is 28.5 Å². The number of anilines is 1. The summed E-state index contributed by atoms with van der Waals surface area (Å²) in [6, 6.07) is 10.9. The lowest BCUT2D eigenvalue weighted by Crippen LogP contribution is -2.42. The number of rotatable bonds is 5. The number of alkyl halides is 3. The number of halogens is 3. The molecule has 3 atom stereocenters. The fraction of sp³-hybridized carbons (Fsp3) is 0.286. The molecular weight excluding hydrogens is 397 g/mol. The molecule has 4 rings (SSSR count). The monoisotopic (exact) mass is 416 g/mol. The van der Waals surface area contributed by atoms with Crippen molar-refractivity contribution in [3.63, 3.8) is 0 Å². The molecule has 3 N–H and O–H groups in total. The van der Waals surface area contributed by atoms with Crippen LogP contribution in [0.15, 0.2) is 48.5 Å². The molecule has 30 heavy (non-hydrogen) atoms. The van der Waals surface area contributed by atoms with Gasteiger partial charge >= 0.3 is 6.18 Å². The minimum absolute atomic E-state index is 0.0254. The molecule has 1 aromatic heterocycles. The number of carbonyl (C=O) groups excluding carboxylic acids is 2. The van der Waals surface area contributed by atoms with E-state index in [-0.39, 0.29) is 23.4 Å². The number of imidazole rings is 1. The lowest BCUT2D eigenvalue weighted by Gasteiger charge is -2.14. The summed E-state index contributed by atoms with van der Waals surface area (Å²) in [5, 5.41) is 5.16. The van der Waals surface area contributed by atoms with Gasteiger partial charge in [-0.15, -0.1) is 0 Å². The summed E-state index contributed by atoms with van der Waals surface area (Å²) in [6.07, 6.45) is -3.80. The zero-order valence-electron chi connectivity index (χ0n) is 16.0. The van der Waals surface area contributed by atoms with Crippen LogP contribution in [0.25, 0.3) is 11.0 Å². The van der Waals surface area contributed by atoms with Gasteiger partial charge in [0.05, 0.1) is 16.6 Å². The number of H-pyrrole nitrogens is 1. The smallest absolute Gasteiger partial charge is 0.344 e. The normalized spacial score (nSPS) is 19.3. The third kappa shape index (κ3) is 4.14. The van der Waals surface area contributed by atoms with Crippen molar-refractivity contribution in [3.05, 3.63) is 59.9 Å². The molecule has 2 aromatic carbocycles. The van der Waals surface area contributed by atoms with E-state index in [4.69, 9.17) is 0 Å². The molecule has 0 unspecified atom stereocenters. The number of fused-ring (bicyclic) bond motifs is 1. The van der Waals surface area contributed by atoms with Crippen molar-refractivity contribution in [3.8, 4) is 0 Å². The van der Waals surface area contributed by atoms with Gasteiger partial charge in [0.25, 0.3) is 0 Å². The number of hydrogen-bond acceptors (Lipinski definition) is 3. The Morgan fingerprint density at radius 3 is 2.50 bits per heavy atom. The highest BCUT2D eigenvalue weighted by atomic mass is 19.4. The highest BCUT2D eigenvalue weighted by Gasteiger charge is 2.46. The van der Waals surface area contributed by atoms with Crippen LogP contribution in [-0.2, 0) is 15.8 Å². The minimum Gasteiger partial charge on any atom is -0.344 e. The summed E-state index contributed by atoms with van der Waals surface area (Å²) < 4.78 is 37.8. The highest BCUT2D eigenvalue weighted by Crippen LogP contribution is 2.46. The van der Waals surface area contributed by atoms with Gasteiger partial charge in [-0.1, -0.05) is 12.1 Å². The van der Waals surface area contributed by atoms with E-state index in [1.165, 1.54) is 19.1 Å². The van der Waals surface area contributed by atoms with Crippen LogP contribution >= 0.6 is 0 Å². The van der Waals surface area contributed by atoms with Crippen LogP contribution in [0.2, 0.25) is 0 Å². The van der Waals surface area contributed by atoms with Crippen LogP contribution in [0.5, 0.6) is 0 Å². The number of amides is 2. The zero-order chi connectivity index (χ0) is 21.5. The Morgan fingerprint density at radius 2 is 1.83 bits per heavy atom. The lowest BCUT2D eigenvalue weighted by molar-refractivity contribution is -0.137. The van der Waals surface area contributed by atoms with Gasteiger partial charge in [-0.3, -0.25) is 9.59 Å². The van der Waals surface area contributed by atoms with E-state index in [1.54, 1.807) is 0 Å². The standard InChI is InChI=1S/C21H19F3N4O2/c1-11(19(29)26-13-8-6-12(7-9-13)21(22,23)24)25-20(30)15-10-14(15)18-27-16-4-2-3-5-17(16)28-18/h2-9,11,14-15H,10H2,1H3,(H,25,30)(H,26,29)(H,27,28)/t11-,14+,15+/m1/s1. The number of benzene rings is 2. The van der Waals surface area contributed by atoms with Crippen molar-refractivity contribution in [1.82, 2.24) is 15.3 Å². The predicted octanol–water partition coefficient (Wildman–Crippen LogP) is 3.83. The van der Waals surface area contributed by atoms with E-state index in [1.807, 2.05) is 24.3 Å². The molecule has 1 saturated carbocycles. The summed E-state index contributed by atoms with van der Waals surface area (Å²) in [4.78, 5) is 32.5. The van der Waals surface area contributed by atoms with Gasteiger partial charge in [0, 0.05) is 17.5 Å². The van der Waals surface area contributed by atoms with Crippen LogP contribution in [-0.4, -0.2) is 27.8 Å². The van der Waals surface area contributed by atoms with Gasteiger partial charge in [0.1, 0.15) is 11.9 Å². The van der Waals surface area contributed by atoms with Crippen LogP contribution < -0.4 is 10.6 Å². The lowest BCUT2D eigenvalue weighted by atomic mass is 10.2. The van der Waals surface area contributed by atoms with E-state index in [9.17, 15) is 22.8 Å². The topological polar surface area (TPSA) is 86.9 Å². The first-order chi connectivity index (χ1) is 14.2. The predicted molar refractivity (Wildman–Crippen MR) is 105 cm³/mol. The molecule has 9 heteroatoms. The molecule has 0 bridgehead atoms. The third-order valence-electron chi connectivity index (χ3n) is 5.12. The maximum absolute atomic E-state index is 12.6. The van der Waals surface area contributed by atoms with Gasteiger partial charge in [-0.25, -0.2) is 4.98 Å². The summed E-state index contributed by atoms with van der Waals surface area (Å²) in [7, 11) is 0. The Morgan fingerprint density at radius 1 is 1.13 bits per heavy atom. The average molecular weight is 416 g/mol. The average Bonchev–Trinajstić information content (AvgIpc) is 3.39.